The summed E-state index contributed by atoms with van der Waals surface area (Å²) < 4.78 is 18.5. The van der Waals surface area contributed by atoms with Crippen LogP contribution >= 0.6 is 0 Å². The van der Waals surface area contributed by atoms with Gasteiger partial charge in [0.25, 0.3) is 0 Å². The average molecular weight is 263 g/mol. The maximum atomic E-state index is 13.4. The molecule has 6 heteroatoms. The van der Waals surface area contributed by atoms with Crippen molar-refractivity contribution in [1.82, 2.24) is 4.90 Å². The average Bonchev–Trinajstić information content (AvgIpc) is 2.40. The van der Waals surface area contributed by atoms with Crippen molar-refractivity contribution < 1.29 is 13.9 Å². The van der Waals surface area contributed by atoms with Crippen molar-refractivity contribution in [3.63, 3.8) is 0 Å². The van der Waals surface area contributed by atoms with Crippen LogP contribution in [0, 0.1) is 17.1 Å². The van der Waals surface area contributed by atoms with Crippen molar-refractivity contribution in [3.05, 3.63) is 29.6 Å². The van der Waals surface area contributed by atoms with Gasteiger partial charge in [-0.05, 0) is 12.1 Å². The molecule has 5 nitrogen and oxygen atoms in total. The first kappa shape index (κ1) is 13.5. The van der Waals surface area contributed by atoms with E-state index in [1.807, 2.05) is 4.90 Å². The molecule has 0 radical (unpaired) electrons. The standard InChI is InChI=1S/C13H14FN3O2/c14-11-2-1-3-12(10(11)8-15)16-13(18)9-17-4-6-19-7-5-17/h1-3H,4-7,9H2,(H,16,18). The Balaban J connectivity index is 1.99. The molecule has 1 N–H and O–H groups in total. The summed E-state index contributed by atoms with van der Waals surface area (Å²) in [6, 6.07) is 5.91. The number of nitriles is 1. The summed E-state index contributed by atoms with van der Waals surface area (Å²) >= 11 is 0. The van der Waals surface area contributed by atoms with Crippen LogP contribution in [0.3, 0.4) is 0 Å². The number of carbonyl (C=O) groups is 1. The smallest absolute Gasteiger partial charge is 0.238 e. The maximum Gasteiger partial charge on any atom is 0.238 e. The number of anilines is 1. The number of carbonyl (C=O) groups excluding carboxylic acids is 1. The molecule has 1 aromatic rings. The molecule has 0 saturated carbocycles. The van der Waals surface area contributed by atoms with E-state index in [9.17, 15) is 9.18 Å². The first-order valence-electron chi connectivity index (χ1n) is 5.99. The fraction of sp³-hybridized carbons (Fsp3) is 0.385. The lowest BCUT2D eigenvalue weighted by Crippen LogP contribution is -2.41. The predicted octanol–water partition coefficient (Wildman–Crippen LogP) is 0.968. The van der Waals surface area contributed by atoms with Crippen molar-refractivity contribution in [2.75, 3.05) is 38.2 Å². The van der Waals surface area contributed by atoms with Crippen LogP contribution in [0.1, 0.15) is 5.56 Å². The number of ether oxygens (including phenoxy) is 1. The van der Waals surface area contributed by atoms with Crippen LogP contribution in [-0.2, 0) is 9.53 Å². The molecule has 1 heterocycles. The Labute approximate surface area is 110 Å². The monoisotopic (exact) mass is 263 g/mol. The van der Waals surface area contributed by atoms with Crippen LogP contribution in [0.15, 0.2) is 18.2 Å². The fourth-order valence-corrected chi connectivity index (χ4v) is 1.89. The van der Waals surface area contributed by atoms with E-state index in [1.54, 1.807) is 6.07 Å². The van der Waals surface area contributed by atoms with Gasteiger partial charge < -0.3 is 10.1 Å². The van der Waals surface area contributed by atoms with E-state index in [-0.39, 0.29) is 23.7 Å². The van der Waals surface area contributed by atoms with Gasteiger partial charge >= 0.3 is 0 Å². The van der Waals surface area contributed by atoms with Crippen LogP contribution in [-0.4, -0.2) is 43.7 Å². The molecule has 1 fully saturated rings. The minimum Gasteiger partial charge on any atom is -0.379 e. The van der Waals surface area contributed by atoms with Crippen molar-refractivity contribution in [2.45, 2.75) is 0 Å². The fourth-order valence-electron chi connectivity index (χ4n) is 1.89. The summed E-state index contributed by atoms with van der Waals surface area (Å²) in [6.07, 6.45) is 0. The first-order chi connectivity index (χ1) is 9.20. The Morgan fingerprint density at radius 2 is 2.21 bits per heavy atom. The van der Waals surface area contributed by atoms with Gasteiger partial charge in [-0.3, -0.25) is 9.69 Å². The lowest BCUT2D eigenvalue weighted by atomic mass is 10.2. The minimum atomic E-state index is -0.633. The third-order valence-electron chi connectivity index (χ3n) is 2.87. The minimum absolute atomic E-state index is 0.141. The summed E-state index contributed by atoms with van der Waals surface area (Å²) in [4.78, 5) is 13.8. The lowest BCUT2D eigenvalue weighted by Gasteiger charge is -2.25. The quantitative estimate of drug-likeness (QED) is 0.882. The Hall–Kier alpha value is -1.97. The molecule has 0 aromatic heterocycles. The van der Waals surface area contributed by atoms with E-state index in [0.717, 1.165) is 0 Å². The van der Waals surface area contributed by atoms with E-state index in [1.165, 1.54) is 18.2 Å². The van der Waals surface area contributed by atoms with E-state index in [2.05, 4.69) is 5.32 Å². The van der Waals surface area contributed by atoms with Gasteiger partial charge in [-0.15, -0.1) is 0 Å². The molecular weight excluding hydrogens is 249 g/mol. The summed E-state index contributed by atoms with van der Waals surface area (Å²) in [7, 11) is 0. The van der Waals surface area contributed by atoms with Gasteiger partial charge in [-0.1, -0.05) is 6.07 Å². The number of nitrogens with zero attached hydrogens (tertiary/aromatic N) is 2. The Morgan fingerprint density at radius 1 is 1.47 bits per heavy atom. The van der Waals surface area contributed by atoms with Crippen LogP contribution in [0.25, 0.3) is 0 Å². The van der Waals surface area contributed by atoms with E-state index < -0.39 is 5.82 Å². The predicted molar refractivity (Wildman–Crippen MR) is 67.0 cm³/mol. The number of amides is 1. The number of morpholine rings is 1. The number of rotatable bonds is 3. The molecule has 1 saturated heterocycles. The van der Waals surface area contributed by atoms with Gasteiger partial charge in [-0.25, -0.2) is 4.39 Å². The summed E-state index contributed by atoms with van der Waals surface area (Å²) in [5.41, 5.74) is 0.0681. The van der Waals surface area contributed by atoms with Gasteiger partial charge in [0.1, 0.15) is 17.4 Å². The molecule has 100 valence electrons. The molecular formula is C13H14FN3O2. The normalized spacial score (nSPS) is 15.8. The number of hydrogen-bond donors (Lipinski definition) is 1. The third kappa shape index (κ3) is 3.50. The molecule has 0 unspecified atom stereocenters. The zero-order valence-electron chi connectivity index (χ0n) is 10.4. The maximum absolute atomic E-state index is 13.4. The molecule has 1 aliphatic rings. The molecule has 19 heavy (non-hydrogen) atoms. The van der Waals surface area contributed by atoms with Crippen LogP contribution < -0.4 is 5.32 Å². The molecule has 0 atom stereocenters. The molecule has 0 bridgehead atoms. The number of hydrogen-bond acceptors (Lipinski definition) is 4. The molecule has 1 aromatic carbocycles. The number of benzene rings is 1. The zero-order valence-corrected chi connectivity index (χ0v) is 10.4. The highest BCUT2D eigenvalue weighted by atomic mass is 19.1. The van der Waals surface area contributed by atoms with Crippen LogP contribution in [0.4, 0.5) is 10.1 Å². The lowest BCUT2D eigenvalue weighted by molar-refractivity contribution is -0.118. The van der Waals surface area contributed by atoms with Gasteiger partial charge in [0.05, 0.1) is 25.4 Å². The second kappa shape index (κ2) is 6.27. The number of halogens is 1. The van der Waals surface area contributed by atoms with Gasteiger partial charge in [-0.2, -0.15) is 5.26 Å². The van der Waals surface area contributed by atoms with Gasteiger partial charge in [0.15, 0.2) is 0 Å². The van der Waals surface area contributed by atoms with Crippen molar-refractivity contribution in [2.24, 2.45) is 0 Å². The number of nitrogens with one attached hydrogen (secondary N) is 1. The topological polar surface area (TPSA) is 65.4 Å². The SMILES string of the molecule is N#Cc1c(F)cccc1NC(=O)CN1CCOCC1. The molecule has 1 aliphatic heterocycles. The Morgan fingerprint density at radius 3 is 2.89 bits per heavy atom. The molecule has 1 amide bonds. The largest absolute Gasteiger partial charge is 0.379 e. The third-order valence-corrected chi connectivity index (χ3v) is 2.87. The van der Waals surface area contributed by atoms with Crippen LogP contribution in [0.2, 0.25) is 0 Å². The Kier molecular flexibility index (Phi) is 4.44. The van der Waals surface area contributed by atoms with Gasteiger partial charge in [0, 0.05) is 13.1 Å². The molecule has 2 rings (SSSR count). The molecule has 0 spiro atoms. The summed E-state index contributed by atoms with van der Waals surface area (Å²) in [5, 5.41) is 11.4. The van der Waals surface area contributed by atoms with E-state index >= 15 is 0 Å². The van der Waals surface area contributed by atoms with Crippen molar-refractivity contribution in [1.29, 1.82) is 5.26 Å². The van der Waals surface area contributed by atoms with E-state index in [0.29, 0.717) is 26.3 Å². The highest BCUT2D eigenvalue weighted by Crippen LogP contribution is 2.17. The summed E-state index contributed by atoms with van der Waals surface area (Å²) in [6.45, 7) is 2.82. The second-order valence-corrected chi connectivity index (χ2v) is 4.21. The zero-order chi connectivity index (χ0) is 13.7. The highest BCUT2D eigenvalue weighted by Gasteiger charge is 2.16. The highest BCUT2D eigenvalue weighted by molar-refractivity contribution is 5.93. The van der Waals surface area contributed by atoms with Crippen LogP contribution in [0.5, 0.6) is 0 Å². The summed E-state index contributed by atoms with van der Waals surface area (Å²) in [5.74, 6) is -0.893. The van der Waals surface area contributed by atoms with E-state index in [4.69, 9.17) is 10.00 Å². The van der Waals surface area contributed by atoms with Crippen molar-refractivity contribution in [3.8, 4) is 6.07 Å². The van der Waals surface area contributed by atoms with Crippen molar-refractivity contribution >= 4 is 11.6 Å². The second-order valence-electron chi connectivity index (χ2n) is 4.21. The first-order valence-corrected chi connectivity index (χ1v) is 5.99. The Bertz CT molecular complexity index is 507. The van der Waals surface area contributed by atoms with Gasteiger partial charge in [0.2, 0.25) is 5.91 Å². The molecule has 0 aliphatic carbocycles.